The van der Waals surface area contributed by atoms with Crippen LogP contribution in [0, 0.1) is 13.8 Å². The summed E-state index contributed by atoms with van der Waals surface area (Å²) in [7, 11) is -3.51. The lowest BCUT2D eigenvalue weighted by Gasteiger charge is -2.34. The van der Waals surface area contributed by atoms with Gasteiger partial charge in [-0.15, -0.1) is 0 Å². The second-order valence-corrected chi connectivity index (χ2v) is 12.4. The molecule has 1 aromatic heterocycles. The van der Waals surface area contributed by atoms with E-state index in [0.717, 1.165) is 49.4 Å². The summed E-state index contributed by atoms with van der Waals surface area (Å²) in [5, 5.41) is 1.00. The van der Waals surface area contributed by atoms with E-state index in [0.29, 0.717) is 31.7 Å². The molecule has 1 amide bonds. The molecule has 7 nitrogen and oxygen atoms in total. The molecule has 3 heterocycles. The van der Waals surface area contributed by atoms with Crippen LogP contribution in [0.5, 0.6) is 0 Å². The van der Waals surface area contributed by atoms with Gasteiger partial charge in [0, 0.05) is 44.8 Å². The average Bonchev–Trinajstić information content (AvgIpc) is 3.12. The van der Waals surface area contributed by atoms with Crippen molar-refractivity contribution in [2.24, 2.45) is 0 Å². The van der Waals surface area contributed by atoms with E-state index in [1.54, 1.807) is 39.9 Å². The van der Waals surface area contributed by atoms with Gasteiger partial charge in [-0.25, -0.2) is 13.4 Å². The minimum Gasteiger partial charge on any atom is -0.345 e. The van der Waals surface area contributed by atoms with Crippen LogP contribution in [0.2, 0.25) is 0 Å². The lowest BCUT2D eigenvalue weighted by molar-refractivity contribution is 0.0746. The summed E-state index contributed by atoms with van der Waals surface area (Å²) >= 11 is 1.70. The minimum atomic E-state index is -3.51. The molecular weight excluding hydrogens is 480 g/mol. The van der Waals surface area contributed by atoms with Gasteiger partial charge in [-0.1, -0.05) is 30.2 Å². The maximum absolute atomic E-state index is 13.1. The van der Waals surface area contributed by atoms with Crippen molar-refractivity contribution in [3.05, 3.63) is 53.1 Å². The molecule has 0 saturated carbocycles. The second kappa shape index (κ2) is 9.87. The highest BCUT2D eigenvalue weighted by atomic mass is 32.2. The van der Waals surface area contributed by atoms with Gasteiger partial charge in [-0.3, -0.25) is 4.79 Å². The topological polar surface area (TPSA) is 73.8 Å². The van der Waals surface area contributed by atoms with E-state index in [1.165, 1.54) is 15.8 Å². The molecule has 0 radical (unpaired) electrons. The molecule has 2 aliphatic rings. The maximum atomic E-state index is 13.1. The molecule has 9 heteroatoms. The van der Waals surface area contributed by atoms with Gasteiger partial charge in [0.2, 0.25) is 10.0 Å². The number of aromatic nitrogens is 1. The number of carbonyl (C=O) groups is 1. The lowest BCUT2D eigenvalue weighted by Crippen LogP contribution is -2.48. The van der Waals surface area contributed by atoms with Gasteiger partial charge in [-0.2, -0.15) is 4.31 Å². The van der Waals surface area contributed by atoms with Crippen molar-refractivity contribution in [1.82, 2.24) is 14.2 Å². The van der Waals surface area contributed by atoms with E-state index >= 15 is 0 Å². The Balaban J connectivity index is 1.23. The monoisotopic (exact) mass is 512 g/mol. The van der Waals surface area contributed by atoms with Crippen LogP contribution in [0.4, 0.5) is 5.13 Å². The van der Waals surface area contributed by atoms with Crippen LogP contribution in [0.3, 0.4) is 0 Å². The summed E-state index contributed by atoms with van der Waals surface area (Å²) < 4.78 is 28.8. The predicted octanol–water partition coefficient (Wildman–Crippen LogP) is 4.44. The molecule has 2 aliphatic heterocycles. The van der Waals surface area contributed by atoms with Crippen LogP contribution < -0.4 is 4.90 Å². The summed E-state index contributed by atoms with van der Waals surface area (Å²) in [4.78, 5) is 22.4. The molecule has 0 N–H and O–H groups in total. The van der Waals surface area contributed by atoms with Crippen molar-refractivity contribution in [2.45, 2.75) is 44.4 Å². The number of piperazine rings is 1. The smallest absolute Gasteiger partial charge is 0.253 e. The molecular formula is C26H32N4O3S2. The van der Waals surface area contributed by atoms with Crippen molar-refractivity contribution < 1.29 is 13.2 Å². The van der Waals surface area contributed by atoms with Gasteiger partial charge in [0.25, 0.3) is 5.91 Å². The Morgan fingerprint density at radius 2 is 1.51 bits per heavy atom. The van der Waals surface area contributed by atoms with Crippen LogP contribution >= 0.6 is 11.3 Å². The number of hydrogen-bond donors (Lipinski definition) is 0. The molecule has 2 saturated heterocycles. The predicted molar refractivity (Wildman–Crippen MR) is 141 cm³/mol. The van der Waals surface area contributed by atoms with E-state index in [1.807, 2.05) is 4.90 Å². The van der Waals surface area contributed by atoms with Gasteiger partial charge in [0.1, 0.15) is 0 Å². The van der Waals surface area contributed by atoms with Crippen molar-refractivity contribution in [3.63, 3.8) is 0 Å². The second-order valence-electron chi connectivity index (χ2n) is 9.47. The van der Waals surface area contributed by atoms with Crippen LogP contribution in [0.25, 0.3) is 10.2 Å². The molecule has 2 fully saturated rings. The number of benzene rings is 2. The molecule has 0 spiro atoms. The molecule has 0 unspecified atom stereocenters. The van der Waals surface area contributed by atoms with E-state index in [9.17, 15) is 13.2 Å². The zero-order chi connectivity index (χ0) is 24.6. The third-order valence-electron chi connectivity index (χ3n) is 7.21. The van der Waals surface area contributed by atoms with Gasteiger partial charge in [0.05, 0.1) is 15.1 Å². The Labute approximate surface area is 211 Å². The number of aryl methyl sites for hydroxylation is 2. The molecule has 35 heavy (non-hydrogen) atoms. The average molecular weight is 513 g/mol. The molecule has 0 bridgehead atoms. The number of anilines is 1. The summed E-state index contributed by atoms with van der Waals surface area (Å²) in [5.41, 5.74) is 4.06. The Morgan fingerprint density at radius 1 is 0.857 bits per heavy atom. The fourth-order valence-electron chi connectivity index (χ4n) is 4.83. The highest BCUT2D eigenvalue weighted by molar-refractivity contribution is 7.89. The first-order chi connectivity index (χ1) is 16.8. The van der Waals surface area contributed by atoms with Crippen LogP contribution in [-0.4, -0.2) is 67.8 Å². The highest BCUT2D eigenvalue weighted by Crippen LogP contribution is 2.32. The Kier molecular flexibility index (Phi) is 6.83. The maximum Gasteiger partial charge on any atom is 0.253 e. The third-order valence-corrected chi connectivity index (χ3v) is 10.2. The highest BCUT2D eigenvalue weighted by Gasteiger charge is 2.27. The van der Waals surface area contributed by atoms with E-state index in [4.69, 9.17) is 4.98 Å². The molecule has 3 aromatic rings. The zero-order valence-electron chi connectivity index (χ0n) is 20.4. The minimum absolute atomic E-state index is 0.0564. The number of nitrogens with zero attached hydrogens (tertiary/aromatic N) is 4. The molecule has 0 aliphatic carbocycles. The van der Waals surface area contributed by atoms with Gasteiger partial charge < -0.3 is 9.80 Å². The molecule has 5 rings (SSSR count). The van der Waals surface area contributed by atoms with Crippen LogP contribution in [0.1, 0.15) is 47.2 Å². The normalized spacial score (nSPS) is 18.1. The first kappa shape index (κ1) is 24.2. The molecule has 2 aromatic carbocycles. The van der Waals surface area contributed by atoms with Crippen molar-refractivity contribution >= 4 is 42.6 Å². The van der Waals surface area contributed by atoms with E-state index < -0.39 is 10.0 Å². The quantitative estimate of drug-likeness (QED) is 0.517. The number of carbonyl (C=O) groups excluding carboxylic acids is 1. The first-order valence-electron chi connectivity index (χ1n) is 12.4. The Hall–Kier alpha value is -2.49. The van der Waals surface area contributed by atoms with Gasteiger partial charge in [-0.05, 0) is 68.1 Å². The van der Waals surface area contributed by atoms with E-state index in [-0.39, 0.29) is 10.8 Å². The van der Waals surface area contributed by atoms with Crippen molar-refractivity contribution in [3.8, 4) is 0 Å². The lowest BCUT2D eigenvalue weighted by atomic mass is 10.1. The van der Waals surface area contributed by atoms with Crippen LogP contribution in [-0.2, 0) is 10.0 Å². The van der Waals surface area contributed by atoms with Gasteiger partial charge in [0.15, 0.2) is 5.13 Å². The third kappa shape index (κ3) is 4.81. The summed E-state index contributed by atoms with van der Waals surface area (Å²) in [5.74, 6) is -0.0564. The van der Waals surface area contributed by atoms with Crippen molar-refractivity contribution in [2.75, 3.05) is 44.2 Å². The fourth-order valence-corrected chi connectivity index (χ4v) is 7.43. The number of fused-ring (bicyclic) bond motifs is 1. The van der Waals surface area contributed by atoms with Crippen LogP contribution in [0.15, 0.2) is 41.3 Å². The summed E-state index contributed by atoms with van der Waals surface area (Å²) in [6.45, 7) is 8.04. The van der Waals surface area contributed by atoms with E-state index in [2.05, 4.69) is 30.9 Å². The number of amides is 1. The molecule has 186 valence electrons. The standard InChI is InChI=1S/C26H32N4O3S2/c1-19-7-12-23-24(20(19)2)27-26(34-23)29-17-15-28(16-18-29)25(31)21-8-10-22(11-9-21)35(32,33)30-13-5-3-4-6-14-30/h7-12H,3-6,13-18H2,1-2H3. The number of rotatable bonds is 4. The Bertz CT molecular complexity index is 1320. The SMILES string of the molecule is Cc1ccc2sc(N3CCN(C(=O)c4ccc(S(=O)(=O)N5CCCCCC5)cc4)CC3)nc2c1C. The zero-order valence-corrected chi connectivity index (χ0v) is 22.0. The van der Waals surface area contributed by atoms with Gasteiger partial charge >= 0.3 is 0 Å². The number of thiazole rings is 1. The number of sulfonamides is 1. The fraction of sp³-hybridized carbons (Fsp3) is 0.462. The molecule has 0 atom stereocenters. The summed E-state index contributed by atoms with van der Waals surface area (Å²) in [6, 6.07) is 10.7. The van der Waals surface area contributed by atoms with Crippen molar-refractivity contribution in [1.29, 1.82) is 0 Å². The Morgan fingerprint density at radius 3 is 2.17 bits per heavy atom. The largest absolute Gasteiger partial charge is 0.345 e. The first-order valence-corrected chi connectivity index (χ1v) is 14.6. The summed E-state index contributed by atoms with van der Waals surface area (Å²) in [6.07, 6.45) is 3.95. The number of hydrogen-bond acceptors (Lipinski definition) is 6.